The van der Waals surface area contributed by atoms with E-state index in [9.17, 15) is 22.4 Å². The smallest absolute Gasteiger partial charge is 0.313 e. The Labute approximate surface area is 169 Å². The van der Waals surface area contributed by atoms with E-state index in [1.807, 2.05) is 0 Å². The Kier molecular flexibility index (Phi) is 6.17. The van der Waals surface area contributed by atoms with Crippen LogP contribution >= 0.6 is 0 Å². The van der Waals surface area contributed by atoms with Gasteiger partial charge in [-0.1, -0.05) is 12.1 Å². The molecule has 1 heterocycles. The number of nitrogens with zero attached hydrogens (tertiary/aromatic N) is 1. The van der Waals surface area contributed by atoms with E-state index in [4.69, 9.17) is 0 Å². The van der Waals surface area contributed by atoms with E-state index in [1.54, 1.807) is 30.3 Å². The maximum Gasteiger partial charge on any atom is 0.313 e. The predicted molar refractivity (Wildman–Crippen MR) is 109 cm³/mol. The Morgan fingerprint density at radius 3 is 2.52 bits per heavy atom. The van der Waals surface area contributed by atoms with Crippen LogP contribution in [0.1, 0.15) is 17.5 Å². The van der Waals surface area contributed by atoms with Gasteiger partial charge in [-0.05, 0) is 60.7 Å². The minimum atomic E-state index is -3.36. The molecule has 0 saturated carbocycles. The Balaban J connectivity index is 1.57. The molecule has 9 heteroatoms. The summed E-state index contributed by atoms with van der Waals surface area (Å²) in [7, 11) is -3.36. The second-order valence-electron chi connectivity index (χ2n) is 6.87. The number of amides is 2. The SMILES string of the molecule is CS(=O)(=O)N1CCCc2cc(NC(=O)C(=O)NCCc3ccc(F)cc3)ccc21. The summed E-state index contributed by atoms with van der Waals surface area (Å²) >= 11 is 0. The lowest BCUT2D eigenvalue weighted by atomic mass is 10.0. The summed E-state index contributed by atoms with van der Waals surface area (Å²) in [5.41, 5.74) is 2.67. The fourth-order valence-corrected chi connectivity index (χ4v) is 4.22. The van der Waals surface area contributed by atoms with Gasteiger partial charge < -0.3 is 10.6 Å². The van der Waals surface area contributed by atoms with E-state index in [0.29, 0.717) is 37.2 Å². The van der Waals surface area contributed by atoms with Crippen LogP contribution in [0.3, 0.4) is 0 Å². The lowest BCUT2D eigenvalue weighted by Gasteiger charge is -2.29. The highest BCUT2D eigenvalue weighted by atomic mass is 32.2. The van der Waals surface area contributed by atoms with Crippen LogP contribution in [-0.2, 0) is 32.5 Å². The highest BCUT2D eigenvalue weighted by Gasteiger charge is 2.24. The molecular formula is C20H22FN3O4S. The summed E-state index contributed by atoms with van der Waals surface area (Å²) in [6, 6.07) is 10.8. The van der Waals surface area contributed by atoms with E-state index in [2.05, 4.69) is 10.6 Å². The zero-order valence-corrected chi connectivity index (χ0v) is 16.8. The minimum absolute atomic E-state index is 0.241. The van der Waals surface area contributed by atoms with Crippen LogP contribution in [0.15, 0.2) is 42.5 Å². The molecule has 2 amide bonds. The monoisotopic (exact) mass is 419 g/mol. The average molecular weight is 419 g/mol. The van der Waals surface area contributed by atoms with Crippen LogP contribution < -0.4 is 14.9 Å². The summed E-state index contributed by atoms with van der Waals surface area (Å²) in [5.74, 6) is -1.91. The van der Waals surface area contributed by atoms with Crippen LogP contribution in [0.2, 0.25) is 0 Å². The summed E-state index contributed by atoms with van der Waals surface area (Å²) in [4.78, 5) is 24.1. The molecule has 0 aromatic heterocycles. The molecule has 0 saturated heterocycles. The van der Waals surface area contributed by atoms with Crippen molar-refractivity contribution >= 4 is 33.2 Å². The van der Waals surface area contributed by atoms with Crippen molar-refractivity contribution in [1.82, 2.24) is 5.32 Å². The Bertz CT molecular complexity index is 1020. The van der Waals surface area contributed by atoms with Crippen LogP contribution in [-0.4, -0.2) is 39.6 Å². The number of aryl methyl sites for hydroxylation is 1. The first kappa shape index (κ1) is 20.8. The van der Waals surface area contributed by atoms with Crippen molar-refractivity contribution in [3.05, 3.63) is 59.4 Å². The average Bonchev–Trinajstić information content (AvgIpc) is 2.68. The molecule has 0 atom stereocenters. The molecular weight excluding hydrogens is 397 g/mol. The molecule has 29 heavy (non-hydrogen) atoms. The van der Waals surface area contributed by atoms with Gasteiger partial charge in [-0.2, -0.15) is 0 Å². The Morgan fingerprint density at radius 1 is 1.10 bits per heavy atom. The van der Waals surface area contributed by atoms with Crippen molar-refractivity contribution < 1.29 is 22.4 Å². The fourth-order valence-electron chi connectivity index (χ4n) is 3.22. The number of anilines is 2. The van der Waals surface area contributed by atoms with Crippen molar-refractivity contribution in [2.24, 2.45) is 0 Å². The van der Waals surface area contributed by atoms with Crippen molar-refractivity contribution in [1.29, 1.82) is 0 Å². The number of hydrogen-bond donors (Lipinski definition) is 2. The topological polar surface area (TPSA) is 95.6 Å². The molecule has 154 valence electrons. The number of rotatable bonds is 5. The third-order valence-electron chi connectivity index (χ3n) is 4.63. The summed E-state index contributed by atoms with van der Waals surface area (Å²) in [6.45, 7) is 0.666. The molecule has 0 radical (unpaired) electrons. The zero-order chi connectivity index (χ0) is 21.0. The molecule has 2 aromatic carbocycles. The van der Waals surface area contributed by atoms with Crippen molar-refractivity contribution in [3.8, 4) is 0 Å². The molecule has 7 nitrogen and oxygen atoms in total. The molecule has 0 unspecified atom stereocenters. The molecule has 0 bridgehead atoms. The predicted octanol–water partition coefficient (Wildman–Crippen LogP) is 1.84. The highest BCUT2D eigenvalue weighted by Crippen LogP contribution is 2.31. The Morgan fingerprint density at radius 2 is 1.83 bits per heavy atom. The second kappa shape index (κ2) is 8.60. The van der Waals surface area contributed by atoms with E-state index in [-0.39, 0.29) is 12.4 Å². The number of halogens is 1. The first-order valence-corrected chi connectivity index (χ1v) is 11.0. The lowest BCUT2D eigenvalue weighted by molar-refractivity contribution is -0.136. The third-order valence-corrected chi connectivity index (χ3v) is 5.81. The van der Waals surface area contributed by atoms with E-state index in [0.717, 1.165) is 17.4 Å². The molecule has 1 aliphatic heterocycles. The van der Waals surface area contributed by atoms with Gasteiger partial charge in [0, 0.05) is 18.8 Å². The van der Waals surface area contributed by atoms with Crippen LogP contribution in [0, 0.1) is 5.82 Å². The first-order valence-electron chi connectivity index (χ1n) is 9.18. The quantitative estimate of drug-likeness (QED) is 0.723. The van der Waals surface area contributed by atoms with Crippen molar-refractivity contribution in [2.75, 3.05) is 29.0 Å². The molecule has 0 spiro atoms. The van der Waals surface area contributed by atoms with Crippen LogP contribution in [0.4, 0.5) is 15.8 Å². The normalized spacial score (nSPS) is 13.5. The number of benzene rings is 2. The van der Waals surface area contributed by atoms with Crippen molar-refractivity contribution in [2.45, 2.75) is 19.3 Å². The Hall–Kier alpha value is -2.94. The number of carbonyl (C=O) groups excluding carboxylic acids is 2. The standard InChI is InChI=1S/C20H22FN3O4S/c1-29(27,28)24-12-2-3-15-13-17(8-9-18(15)24)23-20(26)19(25)22-11-10-14-4-6-16(21)7-5-14/h4-9,13H,2-3,10-12H2,1H3,(H,22,25)(H,23,26). The number of sulfonamides is 1. The molecule has 2 aromatic rings. The summed E-state index contributed by atoms with van der Waals surface area (Å²) in [6.07, 6.45) is 3.00. The second-order valence-corrected chi connectivity index (χ2v) is 8.78. The van der Waals surface area contributed by atoms with Crippen molar-refractivity contribution in [3.63, 3.8) is 0 Å². The number of nitrogens with one attached hydrogen (secondary N) is 2. The summed E-state index contributed by atoms with van der Waals surface area (Å²) < 4.78 is 38.0. The van der Waals surface area contributed by atoms with Crippen LogP contribution in [0.5, 0.6) is 0 Å². The first-order chi connectivity index (χ1) is 13.7. The number of hydrogen-bond acceptors (Lipinski definition) is 4. The number of carbonyl (C=O) groups is 2. The van der Waals surface area contributed by atoms with Gasteiger partial charge >= 0.3 is 11.8 Å². The van der Waals surface area contributed by atoms with Gasteiger partial charge in [0.05, 0.1) is 11.9 Å². The molecule has 0 aliphatic carbocycles. The van der Waals surface area contributed by atoms with Gasteiger partial charge in [0.1, 0.15) is 5.82 Å². The molecule has 3 rings (SSSR count). The number of fused-ring (bicyclic) bond motifs is 1. The maximum absolute atomic E-state index is 12.9. The maximum atomic E-state index is 12.9. The molecule has 1 aliphatic rings. The third kappa shape index (κ3) is 5.32. The summed E-state index contributed by atoms with van der Waals surface area (Å²) in [5, 5.41) is 5.06. The van der Waals surface area contributed by atoms with Gasteiger partial charge in [-0.3, -0.25) is 13.9 Å². The minimum Gasteiger partial charge on any atom is -0.347 e. The van der Waals surface area contributed by atoms with Gasteiger partial charge in [0.2, 0.25) is 10.0 Å². The van der Waals surface area contributed by atoms with Gasteiger partial charge in [0.25, 0.3) is 0 Å². The van der Waals surface area contributed by atoms with E-state index < -0.39 is 21.8 Å². The lowest BCUT2D eigenvalue weighted by Crippen LogP contribution is -2.36. The molecule has 2 N–H and O–H groups in total. The van der Waals surface area contributed by atoms with Gasteiger partial charge in [0.15, 0.2) is 0 Å². The largest absolute Gasteiger partial charge is 0.347 e. The van der Waals surface area contributed by atoms with E-state index in [1.165, 1.54) is 16.4 Å². The van der Waals surface area contributed by atoms with Crippen LogP contribution in [0.25, 0.3) is 0 Å². The fraction of sp³-hybridized carbons (Fsp3) is 0.300. The highest BCUT2D eigenvalue weighted by molar-refractivity contribution is 7.92. The molecule has 0 fully saturated rings. The zero-order valence-electron chi connectivity index (χ0n) is 15.9. The van der Waals surface area contributed by atoms with Gasteiger partial charge in [-0.25, -0.2) is 12.8 Å². The van der Waals surface area contributed by atoms with Gasteiger partial charge in [-0.15, -0.1) is 0 Å². The van der Waals surface area contributed by atoms with E-state index >= 15 is 0 Å².